The molecule has 0 aliphatic heterocycles. The van der Waals surface area contributed by atoms with Gasteiger partial charge in [0.1, 0.15) is 0 Å². The first kappa shape index (κ1) is 13.7. The average Bonchev–Trinajstić information content (AvgIpc) is 2.31. The molecule has 1 aromatic carbocycles. The number of rotatable bonds is 4. The summed E-state index contributed by atoms with van der Waals surface area (Å²) in [6, 6.07) is 6.50. The van der Waals surface area contributed by atoms with E-state index in [0.29, 0.717) is 22.1 Å². The van der Waals surface area contributed by atoms with Crippen molar-refractivity contribution in [2.24, 2.45) is 5.73 Å². The second-order valence-electron chi connectivity index (χ2n) is 3.69. The fraction of sp³-hybridized carbons (Fsp3) is 0.333. The maximum Gasteiger partial charge on any atom is 0.241 e. The molecule has 0 aromatic heterocycles. The summed E-state index contributed by atoms with van der Waals surface area (Å²) in [6.45, 7) is 1.98. The van der Waals surface area contributed by atoms with Crippen LogP contribution >= 0.6 is 15.9 Å². The molecule has 0 fully saturated rings. The minimum atomic E-state index is -0.498. The lowest BCUT2D eigenvalue weighted by Gasteiger charge is -2.12. The Balaban J connectivity index is 2.76. The van der Waals surface area contributed by atoms with Crippen molar-refractivity contribution < 1.29 is 4.79 Å². The van der Waals surface area contributed by atoms with Crippen LogP contribution in [0.15, 0.2) is 22.7 Å². The van der Waals surface area contributed by atoms with Crippen molar-refractivity contribution in [3.63, 3.8) is 0 Å². The maximum atomic E-state index is 11.7. The van der Waals surface area contributed by atoms with E-state index in [1.54, 1.807) is 18.2 Å². The monoisotopic (exact) mass is 295 g/mol. The molecule has 90 valence electrons. The number of hydrogen-bond donors (Lipinski definition) is 2. The third-order valence-electron chi connectivity index (χ3n) is 2.29. The van der Waals surface area contributed by atoms with E-state index in [4.69, 9.17) is 11.0 Å². The van der Waals surface area contributed by atoms with Gasteiger partial charge in [-0.05, 0) is 40.5 Å². The van der Waals surface area contributed by atoms with E-state index in [0.717, 1.165) is 6.42 Å². The van der Waals surface area contributed by atoms with Gasteiger partial charge < -0.3 is 11.1 Å². The fourth-order valence-electron chi connectivity index (χ4n) is 1.35. The molecule has 0 spiro atoms. The molecule has 5 heteroatoms. The van der Waals surface area contributed by atoms with Crippen LogP contribution in [0.5, 0.6) is 0 Å². The third-order valence-corrected chi connectivity index (χ3v) is 2.95. The quantitative estimate of drug-likeness (QED) is 0.895. The van der Waals surface area contributed by atoms with Crippen LogP contribution < -0.4 is 11.1 Å². The largest absolute Gasteiger partial charge is 0.324 e. The number of benzene rings is 1. The van der Waals surface area contributed by atoms with Crippen molar-refractivity contribution in [2.75, 3.05) is 5.32 Å². The Morgan fingerprint density at radius 1 is 1.65 bits per heavy atom. The van der Waals surface area contributed by atoms with Gasteiger partial charge in [0, 0.05) is 4.47 Å². The molecule has 1 atom stereocenters. The van der Waals surface area contributed by atoms with Crippen molar-refractivity contribution in [2.45, 2.75) is 25.8 Å². The summed E-state index contributed by atoms with van der Waals surface area (Å²) in [5.41, 5.74) is 6.86. The first-order valence-electron chi connectivity index (χ1n) is 5.34. The number of nitriles is 1. The molecule has 0 bridgehead atoms. The van der Waals surface area contributed by atoms with Gasteiger partial charge in [0.15, 0.2) is 0 Å². The summed E-state index contributed by atoms with van der Waals surface area (Å²) < 4.78 is 0.675. The molecule has 0 saturated carbocycles. The summed E-state index contributed by atoms with van der Waals surface area (Å²) in [7, 11) is 0. The fourth-order valence-corrected chi connectivity index (χ4v) is 1.83. The Hall–Kier alpha value is -1.38. The number of halogens is 1. The van der Waals surface area contributed by atoms with Gasteiger partial charge in [-0.2, -0.15) is 5.26 Å². The third kappa shape index (κ3) is 3.84. The summed E-state index contributed by atoms with van der Waals surface area (Å²) in [5, 5.41) is 11.4. The average molecular weight is 296 g/mol. The maximum absolute atomic E-state index is 11.7. The van der Waals surface area contributed by atoms with Crippen molar-refractivity contribution in [3.8, 4) is 6.07 Å². The SMILES string of the molecule is CCC[C@H](N)C(=O)Nc1ccc(C#N)cc1Br. The molecule has 0 unspecified atom stereocenters. The molecular formula is C12H14BrN3O. The Bertz CT molecular complexity index is 454. The zero-order valence-electron chi connectivity index (χ0n) is 9.53. The zero-order chi connectivity index (χ0) is 12.8. The predicted molar refractivity (Wildman–Crippen MR) is 70.4 cm³/mol. The van der Waals surface area contributed by atoms with Gasteiger partial charge in [-0.25, -0.2) is 0 Å². The number of nitrogens with zero attached hydrogens (tertiary/aromatic N) is 1. The molecule has 1 rings (SSSR count). The van der Waals surface area contributed by atoms with Crippen LogP contribution in [0.1, 0.15) is 25.3 Å². The van der Waals surface area contributed by atoms with Crippen LogP contribution in [-0.4, -0.2) is 11.9 Å². The lowest BCUT2D eigenvalue weighted by atomic mass is 10.1. The smallest absolute Gasteiger partial charge is 0.241 e. The molecule has 0 heterocycles. The van der Waals surface area contributed by atoms with Gasteiger partial charge >= 0.3 is 0 Å². The number of anilines is 1. The van der Waals surface area contributed by atoms with Gasteiger partial charge in [0.2, 0.25) is 5.91 Å². The number of hydrogen-bond acceptors (Lipinski definition) is 3. The number of amides is 1. The highest BCUT2D eigenvalue weighted by atomic mass is 79.9. The van der Waals surface area contributed by atoms with Gasteiger partial charge in [0.05, 0.1) is 23.4 Å². The van der Waals surface area contributed by atoms with E-state index in [-0.39, 0.29) is 5.91 Å². The lowest BCUT2D eigenvalue weighted by molar-refractivity contribution is -0.117. The first-order valence-corrected chi connectivity index (χ1v) is 6.14. The van der Waals surface area contributed by atoms with Crippen molar-refractivity contribution in [1.82, 2.24) is 0 Å². The Morgan fingerprint density at radius 2 is 2.35 bits per heavy atom. The molecule has 0 saturated heterocycles. The van der Waals surface area contributed by atoms with Crippen molar-refractivity contribution >= 4 is 27.5 Å². The van der Waals surface area contributed by atoms with Crippen molar-refractivity contribution in [3.05, 3.63) is 28.2 Å². The van der Waals surface area contributed by atoms with Crippen LogP contribution in [0.4, 0.5) is 5.69 Å². The normalized spacial score (nSPS) is 11.6. The van der Waals surface area contributed by atoms with E-state index in [1.807, 2.05) is 13.0 Å². The number of nitrogens with two attached hydrogens (primary N) is 1. The second kappa shape index (κ2) is 6.38. The minimum Gasteiger partial charge on any atom is -0.324 e. The van der Waals surface area contributed by atoms with Gasteiger partial charge in [-0.3, -0.25) is 4.79 Å². The van der Waals surface area contributed by atoms with Crippen LogP contribution in [0, 0.1) is 11.3 Å². The summed E-state index contributed by atoms with van der Waals surface area (Å²) >= 11 is 3.30. The van der Waals surface area contributed by atoms with Gasteiger partial charge in [-0.1, -0.05) is 13.3 Å². The van der Waals surface area contributed by atoms with E-state index in [1.165, 1.54) is 0 Å². The molecule has 0 aliphatic carbocycles. The minimum absolute atomic E-state index is 0.211. The molecule has 3 N–H and O–H groups in total. The Kier molecular flexibility index (Phi) is 5.13. The van der Waals surface area contributed by atoms with E-state index < -0.39 is 6.04 Å². The number of carbonyl (C=O) groups excluding carboxylic acids is 1. The highest BCUT2D eigenvalue weighted by Gasteiger charge is 2.13. The van der Waals surface area contributed by atoms with Gasteiger partial charge in [0.25, 0.3) is 0 Å². The molecule has 4 nitrogen and oxygen atoms in total. The Morgan fingerprint density at radius 3 is 2.88 bits per heavy atom. The first-order chi connectivity index (χ1) is 8.08. The van der Waals surface area contributed by atoms with E-state index in [2.05, 4.69) is 21.2 Å². The zero-order valence-corrected chi connectivity index (χ0v) is 11.1. The van der Waals surface area contributed by atoms with E-state index >= 15 is 0 Å². The molecule has 1 amide bonds. The summed E-state index contributed by atoms with van der Waals surface area (Å²) in [5.74, 6) is -0.211. The molecule has 1 aromatic rings. The Labute approximate surface area is 109 Å². The van der Waals surface area contributed by atoms with Crippen LogP contribution in [0.2, 0.25) is 0 Å². The molecule has 17 heavy (non-hydrogen) atoms. The molecular weight excluding hydrogens is 282 g/mol. The van der Waals surface area contributed by atoms with E-state index in [9.17, 15) is 4.79 Å². The van der Waals surface area contributed by atoms with Gasteiger partial charge in [-0.15, -0.1) is 0 Å². The number of carbonyl (C=O) groups is 1. The predicted octanol–water partition coefficient (Wildman–Crippen LogP) is 2.39. The molecule has 0 radical (unpaired) electrons. The summed E-state index contributed by atoms with van der Waals surface area (Å²) in [4.78, 5) is 11.7. The standard InChI is InChI=1S/C12H14BrN3O/c1-2-3-10(15)12(17)16-11-5-4-8(7-14)6-9(11)13/h4-6,10H,2-3,15H2,1H3,(H,16,17)/t10-/m0/s1. The van der Waals surface area contributed by atoms with Crippen LogP contribution in [0.25, 0.3) is 0 Å². The second-order valence-corrected chi connectivity index (χ2v) is 4.55. The summed E-state index contributed by atoms with van der Waals surface area (Å²) in [6.07, 6.45) is 1.52. The highest BCUT2D eigenvalue weighted by Crippen LogP contribution is 2.23. The topological polar surface area (TPSA) is 78.9 Å². The van der Waals surface area contributed by atoms with Crippen LogP contribution in [-0.2, 0) is 4.79 Å². The molecule has 0 aliphatic rings. The van der Waals surface area contributed by atoms with Crippen molar-refractivity contribution in [1.29, 1.82) is 5.26 Å². The lowest BCUT2D eigenvalue weighted by Crippen LogP contribution is -2.35. The number of nitrogens with one attached hydrogen (secondary N) is 1. The van der Waals surface area contributed by atoms with Crippen LogP contribution in [0.3, 0.4) is 0 Å². The highest BCUT2D eigenvalue weighted by molar-refractivity contribution is 9.10.